The summed E-state index contributed by atoms with van der Waals surface area (Å²) in [5.41, 5.74) is 0.846. The van der Waals surface area contributed by atoms with Crippen molar-refractivity contribution < 1.29 is 24.6 Å². The molecule has 0 unspecified atom stereocenters. The molecule has 0 saturated carbocycles. The maximum Gasteiger partial charge on any atom is 0.303 e. The molecule has 1 heterocycles. The Hall–Kier alpha value is -3.12. The van der Waals surface area contributed by atoms with Gasteiger partial charge in [-0.2, -0.15) is 0 Å². The first kappa shape index (κ1) is 19.6. The van der Waals surface area contributed by atoms with Gasteiger partial charge in [-0.3, -0.25) is 14.4 Å². The summed E-state index contributed by atoms with van der Waals surface area (Å²) in [5.74, 6) is -2.88. The Morgan fingerprint density at radius 2 is 1.64 bits per heavy atom. The first-order chi connectivity index (χ1) is 13.4. The van der Waals surface area contributed by atoms with Gasteiger partial charge in [-0.1, -0.05) is 60.1 Å². The number of rotatable bonds is 6. The third-order valence-electron chi connectivity index (χ3n) is 4.58. The SMILES string of the molecule is O=C(O)CCCN1C(=O)C(=O)C(=C(O)c2ccccc2)[C@H]1c1ccccc1Cl. The standard InChI is InChI=1S/C21H18ClNO5/c22-15-10-5-4-9-14(15)18-17(19(26)13-7-2-1-3-8-13)20(27)21(28)23(18)12-6-11-16(24)25/h1-5,7-10,18,26H,6,11-12H2,(H,24,25)/t18-/m1/s1. The van der Waals surface area contributed by atoms with E-state index in [0.29, 0.717) is 16.1 Å². The van der Waals surface area contributed by atoms with Crippen LogP contribution >= 0.6 is 11.6 Å². The number of Topliss-reactive ketones (excluding diaryl/α,β-unsaturated/α-hetero) is 1. The summed E-state index contributed by atoms with van der Waals surface area (Å²) < 4.78 is 0. The number of likely N-dealkylation sites (tertiary alicyclic amines) is 1. The van der Waals surface area contributed by atoms with Crippen LogP contribution in [-0.4, -0.2) is 39.3 Å². The van der Waals surface area contributed by atoms with Gasteiger partial charge in [-0.25, -0.2) is 0 Å². The molecule has 0 radical (unpaired) electrons. The van der Waals surface area contributed by atoms with Crippen LogP contribution in [0.4, 0.5) is 0 Å². The minimum Gasteiger partial charge on any atom is -0.507 e. The number of ketones is 1. The Bertz CT molecular complexity index is 954. The van der Waals surface area contributed by atoms with Crippen molar-refractivity contribution >= 4 is 35.0 Å². The van der Waals surface area contributed by atoms with Gasteiger partial charge in [0.1, 0.15) is 5.76 Å². The molecule has 2 aromatic rings. The zero-order chi connectivity index (χ0) is 20.3. The highest BCUT2D eigenvalue weighted by atomic mass is 35.5. The first-order valence-corrected chi connectivity index (χ1v) is 9.09. The van der Waals surface area contributed by atoms with Crippen LogP contribution in [0.3, 0.4) is 0 Å². The van der Waals surface area contributed by atoms with E-state index >= 15 is 0 Å². The van der Waals surface area contributed by atoms with Gasteiger partial charge in [0.05, 0.1) is 11.6 Å². The third kappa shape index (κ3) is 3.77. The predicted octanol–water partition coefficient (Wildman–Crippen LogP) is 3.63. The molecular formula is C21H18ClNO5. The molecule has 28 heavy (non-hydrogen) atoms. The van der Waals surface area contributed by atoms with Gasteiger partial charge >= 0.3 is 5.97 Å². The van der Waals surface area contributed by atoms with Crippen LogP contribution in [0.15, 0.2) is 60.2 Å². The molecule has 0 spiro atoms. The fourth-order valence-electron chi connectivity index (χ4n) is 3.28. The molecule has 1 saturated heterocycles. The number of benzene rings is 2. The Balaban J connectivity index is 2.11. The average Bonchev–Trinajstić information content (AvgIpc) is 2.93. The number of halogens is 1. The molecule has 2 aromatic carbocycles. The van der Waals surface area contributed by atoms with Crippen molar-refractivity contribution in [3.05, 3.63) is 76.3 Å². The topological polar surface area (TPSA) is 94.9 Å². The van der Waals surface area contributed by atoms with Gasteiger partial charge in [-0.15, -0.1) is 0 Å². The zero-order valence-corrected chi connectivity index (χ0v) is 15.6. The number of amides is 1. The van der Waals surface area contributed by atoms with Crippen molar-refractivity contribution in [3.63, 3.8) is 0 Å². The van der Waals surface area contributed by atoms with Crippen LogP contribution < -0.4 is 0 Å². The average molecular weight is 400 g/mol. The number of carbonyl (C=O) groups is 3. The highest BCUT2D eigenvalue weighted by Crippen LogP contribution is 2.41. The molecule has 1 atom stereocenters. The lowest BCUT2D eigenvalue weighted by molar-refractivity contribution is -0.140. The van der Waals surface area contributed by atoms with Crippen molar-refractivity contribution in [2.75, 3.05) is 6.54 Å². The molecule has 3 rings (SSSR count). The fourth-order valence-corrected chi connectivity index (χ4v) is 3.52. The molecule has 1 aliphatic heterocycles. The van der Waals surface area contributed by atoms with Gasteiger partial charge < -0.3 is 15.1 Å². The zero-order valence-electron chi connectivity index (χ0n) is 14.8. The van der Waals surface area contributed by atoms with Crippen molar-refractivity contribution in [1.29, 1.82) is 0 Å². The van der Waals surface area contributed by atoms with Gasteiger partial charge in [0.2, 0.25) is 0 Å². The second-order valence-electron chi connectivity index (χ2n) is 6.38. The lowest BCUT2D eigenvalue weighted by Gasteiger charge is -2.25. The summed E-state index contributed by atoms with van der Waals surface area (Å²) >= 11 is 6.32. The van der Waals surface area contributed by atoms with E-state index in [4.69, 9.17) is 16.7 Å². The smallest absolute Gasteiger partial charge is 0.303 e. The molecule has 0 bridgehead atoms. The summed E-state index contributed by atoms with van der Waals surface area (Å²) in [6, 6.07) is 14.3. The van der Waals surface area contributed by atoms with E-state index in [1.54, 1.807) is 54.6 Å². The Morgan fingerprint density at radius 1 is 1.00 bits per heavy atom. The van der Waals surface area contributed by atoms with Crippen molar-refractivity contribution in [3.8, 4) is 0 Å². The van der Waals surface area contributed by atoms with E-state index in [1.807, 2.05) is 0 Å². The summed E-state index contributed by atoms with van der Waals surface area (Å²) in [6.07, 6.45) is 0.0333. The van der Waals surface area contributed by atoms with Gasteiger partial charge in [0.15, 0.2) is 0 Å². The third-order valence-corrected chi connectivity index (χ3v) is 4.92. The molecule has 144 valence electrons. The number of aliphatic hydroxyl groups excluding tert-OH is 1. The molecule has 7 heteroatoms. The largest absolute Gasteiger partial charge is 0.507 e. The summed E-state index contributed by atoms with van der Waals surface area (Å²) in [6.45, 7) is 0.0539. The highest BCUT2D eigenvalue weighted by Gasteiger charge is 2.46. The summed E-state index contributed by atoms with van der Waals surface area (Å²) in [7, 11) is 0. The van der Waals surface area contributed by atoms with Crippen LogP contribution in [0.2, 0.25) is 5.02 Å². The van der Waals surface area contributed by atoms with E-state index < -0.39 is 23.7 Å². The summed E-state index contributed by atoms with van der Waals surface area (Å²) in [5, 5.41) is 20.0. The molecule has 0 aromatic heterocycles. The number of aliphatic carboxylic acids is 1. The number of carboxylic acids is 1. The fraction of sp³-hybridized carbons (Fsp3) is 0.190. The van der Waals surface area contributed by atoms with E-state index in [0.717, 1.165) is 0 Å². The van der Waals surface area contributed by atoms with Gasteiger partial charge in [-0.05, 0) is 18.1 Å². The van der Waals surface area contributed by atoms with E-state index in [9.17, 15) is 19.5 Å². The first-order valence-electron chi connectivity index (χ1n) is 8.72. The Morgan fingerprint density at radius 3 is 2.29 bits per heavy atom. The van der Waals surface area contributed by atoms with Crippen LogP contribution in [0.1, 0.15) is 30.0 Å². The number of aliphatic hydroxyl groups is 1. The van der Waals surface area contributed by atoms with Gasteiger partial charge in [0.25, 0.3) is 11.7 Å². The van der Waals surface area contributed by atoms with Crippen molar-refractivity contribution in [2.24, 2.45) is 0 Å². The number of hydrogen-bond acceptors (Lipinski definition) is 4. The van der Waals surface area contributed by atoms with Crippen LogP contribution in [-0.2, 0) is 14.4 Å². The predicted molar refractivity (Wildman–Crippen MR) is 104 cm³/mol. The van der Waals surface area contributed by atoms with E-state index in [2.05, 4.69) is 0 Å². The minimum absolute atomic E-state index is 0.0539. The van der Waals surface area contributed by atoms with E-state index in [1.165, 1.54) is 4.90 Å². The molecule has 1 fully saturated rings. The lowest BCUT2D eigenvalue weighted by Crippen LogP contribution is -2.31. The van der Waals surface area contributed by atoms with Crippen molar-refractivity contribution in [2.45, 2.75) is 18.9 Å². The van der Waals surface area contributed by atoms with Crippen LogP contribution in [0.25, 0.3) is 5.76 Å². The normalized spacial score (nSPS) is 18.5. The van der Waals surface area contributed by atoms with E-state index in [-0.39, 0.29) is 30.7 Å². The Labute approximate surface area is 166 Å². The molecule has 1 aliphatic rings. The number of carbonyl (C=O) groups excluding carboxylic acids is 2. The maximum atomic E-state index is 12.8. The van der Waals surface area contributed by atoms with Crippen molar-refractivity contribution in [1.82, 2.24) is 4.90 Å². The number of hydrogen-bond donors (Lipinski definition) is 2. The molecule has 2 N–H and O–H groups in total. The minimum atomic E-state index is -0.991. The van der Waals surface area contributed by atoms with Gasteiger partial charge in [0, 0.05) is 23.6 Å². The summed E-state index contributed by atoms with van der Waals surface area (Å²) in [4.78, 5) is 37.5. The molecule has 0 aliphatic carbocycles. The lowest BCUT2D eigenvalue weighted by atomic mass is 9.95. The molecular weight excluding hydrogens is 382 g/mol. The number of carboxylic acid groups (broad SMARTS) is 1. The van der Waals surface area contributed by atoms with Crippen LogP contribution in [0, 0.1) is 0 Å². The quantitative estimate of drug-likeness (QED) is 0.439. The monoisotopic (exact) mass is 399 g/mol. The highest BCUT2D eigenvalue weighted by molar-refractivity contribution is 6.47. The second-order valence-corrected chi connectivity index (χ2v) is 6.78. The Kier molecular flexibility index (Phi) is 5.80. The van der Waals surface area contributed by atoms with Crippen LogP contribution in [0.5, 0.6) is 0 Å². The molecule has 1 amide bonds. The molecule has 6 nitrogen and oxygen atoms in total. The maximum absolute atomic E-state index is 12.8. The second kappa shape index (κ2) is 8.27. The number of nitrogens with zero attached hydrogens (tertiary/aromatic N) is 1.